The Morgan fingerprint density at radius 1 is 1.39 bits per heavy atom. The number of nitrogens with zero attached hydrogens (tertiary/aromatic N) is 2. The van der Waals surface area contributed by atoms with Crippen molar-refractivity contribution in [3.05, 3.63) is 34.8 Å². The summed E-state index contributed by atoms with van der Waals surface area (Å²) < 4.78 is 6.48. The third-order valence-electron chi connectivity index (χ3n) is 2.97. The highest BCUT2D eigenvalue weighted by Crippen LogP contribution is 2.15. The van der Waals surface area contributed by atoms with Crippen LogP contribution in [0.2, 0.25) is 0 Å². The number of thioether (sulfide) groups is 1. The van der Waals surface area contributed by atoms with Gasteiger partial charge in [-0.3, -0.25) is 9.36 Å². The summed E-state index contributed by atoms with van der Waals surface area (Å²) in [5, 5.41) is 0. The Labute approximate surface area is 107 Å². The maximum Gasteiger partial charge on any atom is 0.420 e. The fourth-order valence-corrected chi connectivity index (χ4v) is 2.98. The van der Waals surface area contributed by atoms with Crippen molar-refractivity contribution in [2.45, 2.75) is 6.54 Å². The lowest BCUT2D eigenvalue weighted by molar-refractivity contribution is -0.130. The number of hydrogen-bond donors (Lipinski definition) is 0. The van der Waals surface area contributed by atoms with Gasteiger partial charge in [0.15, 0.2) is 5.58 Å². The molecule has 18 heavy (non-hydrogen) atoms. The standard InChI is InChI=1S/C12H12N2O3S/c15-11(13-5-6-18-8-13)7-14-9-3-1-2-4-10(9)17-12(14)16/h1-4H,5-8H2. The largest absolute Gasteiger partial charge is 0.420 e. The van der Waals surface area contributed by atoms with E-state index in [0.717, 1.165) is 12.3 Å². The molecule has 1 aliphatic rings. The van der Waals surface area contributed by atoms with Crippen LogP contribution in [0.25, 0.3) is 11.1 Å². The summed E-state index contributed by atoms with van der Waals surface area (Å²) in [6.45, 7) is 0.810. The quantitative estimate of drug-likeness (QED) is 0.816. The summed E-state index contributed by atoms with van der Waals surface area (Å²) in [7, 11) is 0. The smallest absolute Gasteiger partial charge is 0.408 e. The summed E-state index contributed by atoms with van der Waals surface area (Å²) >= 11 is 1.73. The number of rotatable bonds is 2. The van der Waals surface area contributed by atoms with E-state index >= 15 is 0 Å². The second-order valence-corrected chi connectivity index (χ2v) is 5.19. The van der Waals surface area contributed by atoms with Gasteiger partial charge in [-0.05, 0) is 12.1 Å². The Bertz CT molecular complexity index is 640. The minimum Gasteiger partial charge on any atom is -0.408 e. The lowest BCUT2D eigenvalue weighted by Gasteiger charge is -2.14. The molecule has 0 spiro atoms. The molecular weight excluding hydrogens is 252 g/mol. The second-order valence-electron chi connectivity index (χ2n) is 4.12. The molecule has 0 unspecified atom stereocenters. The fourth-order valence-electron chi connectivity index (χ4n) is 2.01. The van der Waals surface area contributed by atoms with Gasteiger partial charge < -0.3 is 9.32 Å². The molecule has 94 valence electrons. The number of para-hydroxylation sites is 2. The van der Waals surface area contributed by atoms with Crippen LogP contribution in [0, 0.1) is 0 Å². The van der Waals surface area contributed by atoms with Crippen molar-refractivity contribution in [1.29, 1.82) is 0 Å². The number of fused-ring (bicyclic) bond motifs is 1. The maximum atomic E-state index is 12.0. The average molecular weight is 264 g/mol. The van der Waals surface area contributed by atoms with E-state index in [9.17, 15) is 9.59 Å². The van der Waals surface area contributed by atoms with Crippen LogP contribution in [0.3, 0.4) is 0 Å². The van der Waals surface area contributed by atoms with E-state index in [1.807, 2.05) is 6.07 Å². The molecule has 2 heterocycles. The molecule has 0 saturated carbocycles. The Morgan fingerprint density at radius 3 is 3.00 bits per heavy atom. The first-order valence-corrected chi connectivity index (χ1v) is 6.85. The van der Waals surface area contributed by atoms with Crippen LogP contribution >= 0.6 is 11.8 Å². The molecule has 1 aromatic carbocycles. The van der Waals surface area contributed by atoms with Gasteiger partial charge in [-0.25, -0.2) is 4.79 Å². The number of carbonyl (C=O) groups excluding carboxylic acids is 1. The first kappa shape index (κ1) is 11.4. The molecule has 1 fully saturated rings. The number of hydrogen-bond acceptors (Lipinski definition) is 4. The van der Waals surface area contributed by atoms with E-state index in [1.165, 1.54) is 4.57 Å². The van der Waals surface area contributed by atoms with Gasteiger partial charge in [0.05, 0.1) is 11.4 Å². The van der Waals surface area contributed by atoms with Crippen LogP contribution < -0.4 is 5.76 Å². The third-order valence-corrected chi connectivity index (χ3v) is 3.94. The lowest BCUT2D eigenvalue weighted by Crippen LogP contribution is -2.33. The van der Waals surface area contributed by atoms with Gasteiger partial charge in [0.1, 0.15) is 6.54 Å². The normalized spacial score (nSPS) is 15.4. The van der Waals surface area contributed by atoms with Gasteiger partial charge in [0.25, 0.3) is 0 Å². The van der Waals surface area contributed by atoms with Crippen LogP contribution in [0.1, 0.15) is 0 Å². The minimum absolute atomic E-state index is 0.0337. The number of aromatic nitrogens is 1. The summed E-state index contributed by atoms with van der Waals surface area (Å²) in [5.74, 6) is 1.17. The molecule has 3 rings (SSSR count). The Hall–Kier alpha value is -1.69. The highest BCUT2D eigenvalue weighted by Gasteiger charge is 2.20. The fraction of sp³-hybridized carbons (Fsp3) is 0.333. The van der Waals surface area contributed by atoms with Crippen molar-refractivity contribution in [2.75, 3.05) is 18.2 Å². The summed E-state index contributed by atoms with van der Waals surface area (Å²) in [5.41, 5.74) is 1.19. The average Bonchev–Trinajstić information content (AvgIpc) is 2.98. The Balaban J connectivity index is 1.92. The molecule has 1 aliphatic heterocycles. The lowest BCUT2D eigenvalue weighted by atomic mass is 10.3. The highest BCUT2D eigenvalue weighted by molar-refractivity contribution is 7.99. The van der Waals surface area contributed by atoms with Crippen molar-refractivity contribution in [2.24, 2.45) is 0 Å². The van der Waals surface area contributed by atoms with Crippen LogP contribution in [0.4, 0.5) is 0 Å². The number of benzene rings is 1. The molecule has 1 aromatic heterocycles. The first-order chi connectivity index (χ1) is 8.75. The van der Waals surface area contributed by atoms with Crippen molar-refractivity contribution < 1.29 is 9.21 Å². The van der Waals surface area contributed by atoms with Gasteiger partial charge in [-0.15, -0.1) is 11.8 Å². The van der Waals surface area contributed by atoms with Crippen LogP contribution in [-0.2, 0) is 11.3 Å². The van der Waals surface area contributed by atoms with Gasteiger partial charge in [-0.1, -0.05) is 12.1 Å². The monoisotopic (exact) mass is 264 g/mol. The van der Waals surface area contributed by atoms with Crippen molar-refractivity contribution >= 4 is 28.8 Å². The maximum absolute atomic E-state index is 12.0. The first-order valence-electron chi connectivity index (χ1n) is 5.69. The van der Waals surface area contributed by atoms with Crippen molar-refractivity contribution in [3.63, 3.8) is 0 Å². The number of amides is 1. The van der Waals surface area contributed by atoms with E-state index in [4.69, 9.17) is 4.42 Å². The van der Waals surface area contributed by atoms with Crippen LogP contribution in [0.5, 0.6) is 0 Å². The zero-order chi connectivity index (χ0) is 12.5. The molecule has 0 N–H and O–H groups in total. The number of oxazole rings is 1. The molecule has 0 radical (unpaired) electrons. The minimum atomic E-state index is -0.476. The second kappa shape index (κ2) is 4.53. The molecule has 0 bridgehead atoms. The molecule has 5 nitrogen and oxygen atoms in total. The van der Waals surface area contributed by atoms with Gasteiger partial charge in [0.2, 0.25) is 5.91 Å². The van der Waals surface area contributed by atoms with E-state index in [2.05, 4.69) is 0 Å². The molecule has 0 atom stereocenters. The third kappa shape index (κ3) is 1.92. The molecule has 2 aromatic rings. The Morgan fingerprint density at radius 2 is 2.22 bits per heavy atom. The Kier molecular flexibility index (Phi) is 2.87. The van der Waals surface area contributed by atoms with E-state index in [1.54, 1.807) is 34.9 Å². The van der Waals surface area contributed by atoms with Crippen molar-refractivity contribution in [1.82, 2.24) is 9.47 Å². The summed E-state index contributed by atoms with van der Waals surface area (Å²) in [4.78, 5) is 25.5. The zero-order valence-electron chi connectivity index (χ0n) is 9.67. The van der Waals surface area contributed by atoms with Gasteiger partial charge >= 0.3 is 5.76 Å². The summed E-state index contributed by atoms with van der Waals surface area (Å²) in [6.07, 6.45) is 0. The molecule has 0 aliphatic carbocycles. The van der Waals surface area contributed by atoms with Crippen LogP contribution in [-0.4, -0.2) is 33.5 Å². The molecular formula is C12H12N2O3S. The molecule has 6 heteroatoms. The van der Waals surface area contributed by atoms with Crippen LogP contribution in [0.15, 0.2) is 33.5 Å². The van der Waals surface area contributed by atoms with E-state index < -0.39 is 5.76 Å². The van der Waals surface area contributed by atoms with Gasteiger partial charge in [0, 0.05) is 12.3 Å². The molecule has 1 saturated heterocycles. The summed E-state index contributed by atoms with van der Waals surface area (Å²) in [6, 6.07) is 7.13. The topological polar surface area (TPSA) is 55.5 Å². The van der Waals surface area contributed by atoms with Crippen molar-refractivity contribution in [3.8, 4) is 0 Å². The predicted molar refractivity (Wildman–Crippen MR) is 69.5 cm³/mol. The predicted octanol–water partition coefficient (Wildman–Crippen LogP) is 1.13. The number of carbonyl (C=O) groups is 1. The van der Waals surface area contributed by atoms with E-state index in [-0.39, 0.29) is 12.5 Å². The zero-order valence-corrected chi connectivity index (χ0v) is 10.5. The van der Waals surface area contributed by atoms with E-state index in [0.29, 0.717) is 17.0 Å². The SMILES string of the molecule is O=C(Cn1c(=O)oc2ccccc21)N1CCSC1. The highest BCUT2D eigenvalue weighted by atomic mass is 32.2. The molecule has 1 amide bonds. The van der Waals surface area contributed by atoms with Gasteiger partial charge in [-0.2, -0.15) is 0 Å².